The summed E-state index contributed by atoms with van der Waals surface area (Å²) >= 11 is 0. The van der Waals surface area contributed by atoms with Crippen molar-refractivity contribution < 1.29 is 0 Å². The van der Waals surface area contributed by atoms with Crippen LogP contribution in [0.25, 0.3) is 11.4 Å². The van der Waals surface area contributed by atoms with E-state index in [1.165, 1.54) is 16.7 Å². The van der Waals surface area contributed by atoms with E-state index in [0.29, 0.717) is 0 Å². The first-order valence-corrected chi connectivity index (χ1v) is 5.97. The van der Waals surface area contributed by atoms with Gasteiger partial charge in [-0.15, -0.1) is 10.2 Å². The highest BCUT2D eigenvalue weighted by molar-refractivity contribution is 5.62. The van der Waals surface area contributed by atoms with Crippen molar-refractivity contribution in [2.24, 2.45) is 0 Å². The van der Waals surface area contributed by atoms with Crippen LogP contribution in [-0.4, -0.2) is 21.3 Å². The van der Waals surface area contributed by atoms with Crippen molar-refractivity contribution in [3.63, 3.8) is 0 Å². The molecule has 0 saturated heterocycles. The molecule has 0 fully saturated rings. The summed E-state index contributed by atoms with van der Waals surface area (Å²) < 4.78 is 2.22. The summed E-state index contributed by atoms with van der Waals surface area (Å²) in [6.45, 7) is 7.03. The van der Waals surface area contributed by atoms with Gasteiger partial charge < -0.3 is 9.88 Å². The zero-order chi connectivity index (χ0) is 11.8. The molecule has 0 unspecified atom stereocenters. The van der Waals surface area contributed by atoms with Gasteiger partial charge in [-0.2, -0.15) is 0 Å². The second kappa shape index (κ2) is 3.96. The van der Waals surface area contributed by atoms with E-state index in [-0.39, 0.29) is 0 Å². The Bertz CT molecular complexity index is 557. The van der Waals surface area contributed by atoms with E-state index in [4.69, 9.17) is 0 Å². The minimum absolute atomic E-state index is 0.817. The maximum atomic E-state index is 4.34. The second-order valence-electron chi connectivity index (χ2n) is 4.52. The van der Waals surface area contributed by atoms with Crippen molar-refractivity contribution in [2.45, 2.75) is 26.9 Å². The molecule has 88 valence electrons. The lowest BCUT2D eigenvalue weighted by Crippen LogP contribution is -2.28. The van der Waals surface area contributed by atoms with E-state index in [1.807, 2.05) is 0 Å². The van der Waals surface area contributed by atoms with Crippen LogP contribution < -0.4 is 5.32 Å². The van der Waals surface area contributed by atoms with Crippen LogP contribution in [0.4, 0.5) is 0 Å². The molecule has 1 N–H and O–H groups in total. The lowest BCUT2D eigenvalue weighted by Gasteiger charge is -2.17. The summed E-state index contributed by atoms with van der Waals surface area (Å²) in [7, 11) is 0. The number of nitrogens with one attached hydrogen (secondary N) is 1. The molecular weight excluding hydrogens is 212 g/mol. The van der Waals surface area contributed by atoms with Gasteiger partial charge in [0, 0.05) is 18.7 Å². The molecule has 2 aromatic rings. The second-order valence-corrected chi connectivity index (χ2v) is 4.52. The van der Waals surface area contributed by atoms with Gasteiger partial charge in [0.05, 0.1) is 6.54 Å². The Kier molecular flexibility index (Phi) is 2.44. The van der Waals surface area contributed by atoms with E-state index >= 15 is 0 Å². The van der Waals surface area contributed by atoms with Crippen LogP contribution in [0.1, 0.15) is 17.0 Å². The van der Waals surface area contributed by atoms with Crippen LogP contribution in [0.3, 0.4) is 0 Å². The quantitative estimate of drug-likeness (QED) is 0.807. The number of hydrogen-bond donors (Lipinski definition) is 1. The highest BCUT2D eigenvalue weighted by atomic mass is 15.3. The number of benzene rings is 1. The molecule has 2 heterocycles. The molecule has 0 aliphatic carbocycles. The molecular formula is C13H16N4. The highest BCUT2D eigenvalue weighted by Crippen LogP contribution is 2.25. The van der Waals surface area contributed by atoms with Crippen LogP contribution in [0.15, 0.2) is 18.2 Å². The highest BCUT2D eigenvalue weighted by Gasteiger charge is 2.17. The van der Waals surface area contributed by atoms with Gasteiger partial charge in [-0.3, -0.25) is 0 Å². The van der Waals surface area contributed by atoms with Gasteiger partial charge in [0.15, 0.2) is 5.82 Å². The Labute approximate surface area is 101 Å². The van der Waals surface area contributed by atoms with Gasteiger partial charge in [0.1, 0.15) is 5.82 Å². The van der Waals surface area contributed by atoms with Crippen LogP contribution in [0, 0.1) is 13.8 Å². The summed E-state index contributed by atoms with van der Waals surface area (Å²) in [6.07, 6.45) is 0. The van der Waals surface area contributed by atoms with Crippen molar-refractivity contribution in [2.75, 3.05) is 6.54 Å². The van der Waals surface area contributed by atoms with Crippen molar-refractivity contribution in [1.29, 1.82) is 0 Å². The first kappa shape index (κ1) is 10.5. The monoisotopic (exact) mass is 228 g/mol. The Morgan fingerprint density at radius 1 is 1.24 bits per heavy atom. The summed E-state index contributed by atoms with van der Waals surface area (Å²) in [5.74, 6) is 2.04. The molecule has 17 heavy (non-hydrogen) atoms. The Morgan fingerprint density at radius 3 is 3.00 bits per heavy atom. The molecule has 0 bridgehead atoms. The maximum absolute atomic E-state index is 4.34. The number of nitrogens with zero attached hydrogens (tertiary/aromatic N) is 3. The molecule has 0 atom stereocenters. The maximum Gasteiger partial charge on any atom is 0.164 e. The van der Waals surface area contributed by atoms with Crippen LogP contribution >= 0.6 is 0 Å². The third-order valence-corrected chi connectivity index (χ3v) is 3.47. The molecule has 1 aromatic heterocycles. The van der Waals surface area contributed by atoms with Crippen molar-refractivity contribution in [1.82, 2.24) is 20.1 Å². The van der Waals surface area contributed by atoms with E-state index < -0.39 is 0 Å². The summed E-state index contributed by atoms with van der Waals surface area (Å²) in [6, 6.07) is 6.34. The predicted octanol–water partition coefficient (Wildman–Crippen LogP) is 1.67. The normalized spacial score (nSPS) is 14.7. The topological polar surface area (TPSA) is 42.7 Å². The molecule has 0 saturated carbocycles. The van der Waals surface area contributed by atoms with E-state index in [1.54, 1.807) is 0 Å². The number of rotatable bonds is 1. The molecule has 0 radical (unpaired) electrons. The average Bonchev–Trinajstić information content (AvgIpc) is 2.77. The third kappa shape index (κ3) is 1.65. The third-order valence-electron chi connectivity index (χ3n) is 3.47. The summed E-state index contributed by atoms with van der Waals surface area (Å²) in [5, 5.41) is 11.9. The Hall–Kier alpha value is -1.68. The minimum atomic E-state index is 0.817. The molecule has 4 heteroatoms. The standard InChI is InChI=1S/C13H16N4/c1-9-4-3-5-11(10(9)2)13-16-15-12-8-14-6-7-17(12)13/h3-5,14H,6-8H2,1-2H3. The molecule has 3 rings (SSSR count). The lowest BCUT2D eigenvalue weighted by molar-refractivity contribution is 0.508. The fourth-order valence-electron chi connectivity index (χ4n) is 2.28. The zero-order valence-electron chi connectivity index (χ0n) is 10.2. The van der Waals surface area contributed by atoms with E-state index in [0.717, 1.165) is 31.3 Å². The number of aromatic nitrogens is 3. The molecule has 1 aromatic carbocycles. The molecule has 0 amide bonds. The smallest absolute Gasteiger partial charge is 0.164 e. The van der Waals surface area contributed by atoms with E-state index in [2.05, 4.69) is 52.1 Å². The Balaban J connectivity index is 2.15. The van der Waals surface area contributed by atoms with Gasteiger partial charge in [0.2, 0.25) is 0 Å². The average molecular weight is 228 g/mol. The minimum Gasteiger partial charge on any atom is -0.309 e. The van der Waals surface area contributed by atoms with Crippen molar-refractivity contribution >= 4 is 0 Å². The summed E-state index contributed by atoms with van der Waals surface area (Å²) in [5.41, 5.74) is 3.79. The van der Waals surface area contributed by atoms with Crippen LogP contribution in [0.5, 0.6) is 0 Å². The SMILES string of the molecule is Cc1cccc(-c2nnc3n2CCNC3)c1C. The molecule has 1 aliphatic rings. The first-order valence-electron chi connectivity index (χ1n) is 5.97. The molecule has 4 nitrogen and oxygen atoms in total. The molecule has 0 spiro atoms. The van der Waals surface area contributed by atoms with Crippen molar-refractivity contribution in [3.8, 4) is 11.4 Å². The van der Waals surface area contributed by atoms with Crippen LogP contribution in [-0.2, 0) is 13.1 Å². The van der Waals surface area contributed by atoms with Gasteiger partial charge >= 0.3 is 0 Å². The lowest BCUT2D eigenvalue weighted by atomic mass is 10.0. The van der Waals surface area contributed by atoms with Gasteiger partial charge in [-0.1, -0.05) is 18.2 Å². The predicted molar refractivity (Wildman–Crippen MR) is 66.6 cm³/mol. The van der Waals surface area contributed by atoms with Crippen LogP contribution in [0.2, 0.25) is 0 Å². The zero-order valence-corrected chi connectivity index (χ0v) is 10.2. The fourth-order valence-corrected chi connectivity index (χ4v) is 2.28. The summed E-state index contributed by atoms with van der Waals surface area (Å²) in [4.78, 5) is 0. The van der Waals surface area contributed by atoms with E-state index in [9.17, 15) is 0 Å². The van der Waals surface area contributed by atoms with Gasteiger partial charge in [-0.05, 0) is 25.0 Å². The Morgan fingerprint density at radius 2 is 2.12 bits per heavy atom. The largest absolute Gasteiger partial charge is 0.309 e. The molecule has 1 aliphatic heterocycles. The van der Waals surface area contributed by atoms with Gasteiger partial charge in [-0.25, -0.2) is 0 Å². The van der Waals surface area contributed by atoms with Gasteiger partial charge in [0.25, 0.3) is 0 Å². The van der Waals surface area contributed by atoms with Crippen molar-refractivity contribution in [3.05, 3.63) is 35.2 Å². The fraction of sp³-hybridized carbons (Fsp3) is 0.385. The number of hydrogen-bond acceptors (Lipinski definition) is 3. The number of fused-ring (bicyclic) bond motifs is 1. The first-order chi connectivity index (χ1) is 8.27. The number of aryl methyl sites for hydroxylation is 1.